The zero-order valence-electron chi connectivity index (χ0n) is 24.9. The molecule has 14 nitrogen and oxygen atoms in total. The third-order valence-corrected chi connectivity index (χ3v) is 8.90. The van der Waals surface area contributed by atoms with Gasteiger partial charge in [-0.25, -0.2) is 14.3 Å². The van der Waals surface area contributed by atoms with Crippen molar-refractivity contribution in [3.05, 3.63) is 87.7 Å². The molecule has 1 N–H and O–H groups in total. The second-order valence-corrected chi connectivity index (χ2v) is 13.2. The molecule has 0 aliphatic carbocycles. The molecule has 15 heteroatoms. The molecule has 45 heavy (non-hydrogen) atoms. The lowest BCUT2D eigenvalue weighted by Gasteiger charge is -2.41. The summed E-state index contributed by atoms with van der Waals surface area (Å²) < 4.78 is 12.2. The molecule has 2 fully saturated rings. The fourth-order valence-electron chi connectivity index (χ4n) is 5.05. The van der Waals surface area contributed by atoms with Gasteiger partial charge in [0, 0.05) is 25.0 Å². The van der Waals surface area contributed by atoms with E-state index in [0.29, 0.717) is 11.3 Å². The standard InChI is InChI=1S/C30H32N6O8S/c1-29(2,3)44-28(40)31-15-21-16-35(33-32-21)30(27(39)43-17-20-9-11-22(12-10-20)36(41)42)18-34-25(38)24(26(34)45-30)14-23(37)13-19-7-5-4-6-8-19/h4-12,16,24,26H,13-15,17-18H2,1-3H3,(H,31,40)/t24-,26-,30-/m1/s1. The molecule has 2 aliphatic rings. The van der Waals surface area contributed by atoms with Crippen molar-refractivity contribution in [1.82, 2.24) is 25.2 Å². The number of ketones is 1. The molecule has 2 aromatic carbocycles. The maximum absolute atomic E-state index is 13.8. The van der Waals surface area contributed by atoms with E-state index >= 15 is 0 Å². The fourth-order valence-corrected chi connectivity index (χ4v) is 6.70. The first kappa shape index (κ1) is 31.6. The van der Waals surface area contributed by atoms with E-state index < -0.39 is 38.7 Å². The van der Waals surface area contributed by atoms with Gasteiger partial charge in [0.2, 0.25) is 10.8 Å². The van der Waals surface area contributed by atoms with Gasteiger partial charge in [0.1, 0.15) is 23.7 Å². The molecule has 1 aromatic heterocycles. The number of carbonyl (C=O) groups excluding carboxylic acids is 4. The van der Waals surface area contributed by atoms with Gasteiger partial charge in [0.25, 0.3) is 5.69 Å². The van der Waals surface area contributed by atoms with E-state index in [1.54, 1.807) is 20.8 Å². The van der Waals surface area contributed by atoms with Crippen LogP contribution in [0.2, 0.25) is 0 Å². The van der Waals surface area contributed by atoms with Crippen LogP contribution in [0.25, 0.3) is 0 Å². The van der Waals surface area contributed by atoms with Crippen LogP contribution in [0.1, 0.15) is 44.0 Å². The maximum Gasteiger partial charge on any atom is 0.407 e. The third kappa shape index (κ3) is 7.14. The molecule has 0 saturated carbocycles. The molecule has 3 aromatic rings. The summed E-state index contributed by atoms with van der Waals surface area (Å²) in [4.78, 5) is 62.5. The number of fused-ring (bicyclic) bond motifs is 1. The van der Waals surface area contributed by atoms with Crippen LogP contribution in [0.4, 0.5) is 10.5 Å². The van der Waals surface area contributed by atoms with Crippen LogP contribution >= 0.6 is 11.8 Å². The van der Waals surface area contributed by atoms with Crippen LogP contribution < -0.4 is 5.32 Å². The van der Waals surface area contributed by atoms with Crippen LogP contribution in [0.3, 0.4) is 0 Å². The van der Waals surface area contributed by atoms with Crippen LogP contribution in [0, 0.1) is 16.0 Å². The number of nitro benzene ring substituents is 1. The van der Waals surface area contributed by atoms with Crippen molar-refractivity contribution in [3.8, 4) is 0 Å². The normalized spacial score (nSPS) is 20.6. The lowest BCUT2D eigenvalue weighted by Crippen LogP contribution is -2.57. The van der Waals surface area contributed by atoms with Gasteiger partial charge in [-0.2, -0.15) is 0 Å². The molecule has 0 radical (unpaired) electrons. The van der Waals surface area contributed by atoms with Gasteiger partial charge in [-0.3, -0.25) is 19.7 Å². The number of non-ortho nitro benzene ring substituents is 1. The summed E-state index contributed by atoms with van der Waals surface area (Å²) in [5, 5.41) is 21.4. The summed E-state index contributed by atoms with van der Waals surface area (Å²) >= 11 is 1.15. The number of ether oxygens (including phenoxy) is 2. The number of Topliss-reactive ketones (excluding diaryl/α,β-unsaturated/α-hetero) is 1. The molecule has 0 spiro atoms. The van der Waals surface area contributed by atoms with Crippen molar-refractivity contribution in [1.29, 1.82) is 0 Å². The Balaban J connectivity index is 1.33. The topological polar surface area (TPSA) is 176 Å². The smallest absolute Gasteiger partial charge is 0.407 e. The van der Waals surface area contributed by atoms with Gasteiger partial charge in [-0.15, -0.1) is 5.10 Å². The number of alkyl carbamates (subject to hydrolysis) is 1. The molecular formula is C30H32N6O8S. The average molecular weight is 637 g/mol. The number of hydrogen-bond acceptors (Lipinski definition) is 11. The van der Waals surface area contributed by atoms with E-state index in [2.05, 4.69) is 15.6 Å². The van der Waals surface area contributed by atoms with E-state index in [4.69, 9.17) is 9.47 Å². The molecule has 0 bridgehead atoms. The third-order valence-electron chi connectivity index (χ3n) is 7.20. The molecule has 2 aliphatic heterocycles. The van der Waals surface area contributed by atoms with E-state index in [0.717, 1.165) is 17.3 Å². The fraction of sp³-hybridized carbons (Fsp3) is 0.400. The van der Waals surface area contributed by atoms with Crippen molar-refractivity contribution >= 4 is 41.2 Å². The lowest BCUT2D eigenvalue weighted by molar-refractivity contribution is -0.384. The first-order valence-electron chi connectivity index (χ1n) is 14.2. The molecule has 2 amide bonds. The van der Waals surface area contributed by atoms with Crippen molar-refractivity contribution < 1.29 is 33.6 Å². The molecule has 5 rings (SSSR count). The summed E-state index contributed by atoms with van der Waals surface area (Å²) in [5.41, 5.74) is 0.915. The summed E-state index contributed by atoms with van der Waals surface area (Å²) in [6, 6.07) is 14.8. The number of aromatic nitrogens is 3. The summed E-state index contributed by atoms with van der Waals surface area (Å²) in [6.45, 7) is 4.92. The molecule has 236 valence electrons. The van der Waals surface area contributed by atoms with Gasteiger partial charge in [-0.1, -0.05) is 47.3 Å². The SMILES string of the molecule is CC(C)(C)OC(=O)NCc1cn([C@]2(C(=O)OCc3ccc([N+](=O)[O-])cc3)CN3C(=O)[C@@H](CC(=O)Cc4ccccc4)[C@H]3S2)nn1. The molecule has 3 atom stereocenters. The molecular weight excluding hydrogens is 604 g/mol. The molecule has 3 heterocycles. The monoisotopic (exact) mass is 636 g/mol. The molecule has 2 saturated heterocycles. The highest BCUT2D eigenvalue weighted by Crippen LogP contribution is 2.53. The maximum atomic E-state index is 13.8. The summed E-state index contributed by atoms with van der Waals surface area (Å²) in [6.07, 6.45) is 1.06. The van der Waals surface area contributed by atoms with Crippen molar-refractivity contribution in [3.63, 3.8) is 0 Å². The van der Waals surface area contributed by atoms with Crippen LogP contribution in [0.5, 0.6) is 0 Å². The summed E-state index contributed by atoms with van der Waals surface area (Å²) in [5.74, 6) is -1.66. The minimum atomic E-state index is -1.53. The summed E-state index contributed by atoms with van der Waals surface area (Å²) in [7, 11) is 0. The van der Waals surface area contributed by atoms with Gasteiger partial charge in [0.15, 0.2) is 0 Å². The second-order valence-electron chi connectivity index (χ2n) is 11.8. The first-order valence-corrected chi connectivity index (χ1v) is 15.1. The van der Waals surface area contributed by atoms with Crippen molar-refractivity contribution in [2.24, 2.45) is 5.92 Å². The first-order chi connectivity index (χ1) is 21.3. The van der Waals surface area contributed by atoms with E-state index in [1.165, 1.54) is 40.0 Å². The number of hydrogen-bond donors (Lipinski definition) is 1. The van der Waals surface area contributed by atoms with E-state index in [9.17, 15) is 29.3 Å². The number of benzene rings is 2. The highest BCUT2D eigenvalue weighted by atomic mass is 32.2. The predicted molar refractivity (Wildman–Crippen MR) is 160 cm³/mol. The number of β-lactam (4-membered cyclic amide) rings is 1. The zero-order chi connectivity index (χ0) is 32.4. The number of nitrogens with zero attached hydrogens (tertiary/aromatic N) is 5. The Labute approximate surface area is 262 Å². The Morgan fingerprint density at radius 1 is 1.11 bits per heavy atom. The second kappa shape index (κ2) is 12.7. The Hall–Kier alpha value is -4.79. The highest BCUT2D eigenvalue weighted by molar-refractivity contribution is 8.01. The van der Waals surface area contributed by atoms with E-state index in [-0.39, 0.29) is 49.9 Å². The number of nitrogens with one attached hydrogen (secondary N) is 1. The quantitative estimate of drug-likeness (QED) is 0.141. The van der Waals surface area contributed by atoms with Crippen LogP contribution in [-0.4, -0.2) is 66.1 Å². The number of nitro groups is 1. The average Bonchev–Trinajstić information content (AvgIpc) is 3.62. The number of amides is 2. The number of carbonyl (C=O) groups is 4. The minimum Gasteiger partial charge on any atom is -0.458 e. The number of thioether (sulfide) groups is 1. The minimum absolute atomic E-state index is 0.0260. The highest BCUT2D eigenvalue weighted by Gasteiger charge is 2.64. The van der Waals surface area contributed by atoms with E-state index in [1.807, 2.05) is 30.3 Å². The number of rotatable bonds is 11. The predicted octanol–water partition coefficient (Wildman–Crippen LogP) is 3.34. The Bertz CT molecular complexity index is 1610. The van der Waals surface area contributed by atoms with Crippen molar-refractivity contribution in [2.75, 3.05) is 6.54 Å². The largest absolute Gasteiger partial charge is 0.458 e. The van der Waals surface area contributed by atoms with Gasteiger partial charge in [0.05, 0.1) is 35.5 Å². The van der Waals surface area contributed by atoms with Gasteiger partial charge >= 0.3 is 12.1 Å². The van der Waals surface area contributed by atoms with Crippen LogP contribution in [-0.2, 0) is 48.3 Å². The Kier molecular flexibility index (Phi) is 8.91. The Morgan fingerprint density at radius 3 is 2.49 bits per heavy atom. The van der Waals surface area contributed by atoms with Crippen molar-refractivity contribution in [2.45, 2.75) is 62.6 Å². The van der Waals surface area contributed by atoms with Crippen LogP contribution in [0.15, 0.2) is 60.8 Å². The Morgan fingerprint density at radius 2 is 1.82 bits per heavy atom. The zero-order valence-corrected chi connectivity index (χ0v) is 25.7. The molecule has 0 unspecified atom stereocenters. The number of esters is 1. The van der Waals surface area contributed by atoms with Gasteiger partial charge < -0.3 is 19.7 Å². The van der Waals surface area contributed by atoms with Gasteiger partial charge in [-0.05, 0) is 44.0 Å². The lowest BCUT2D eigenvalue weighted by atomic mass is 9.90.